The number of anilines is 1. The third-order valence-electron chi connectivity index (χ3n) is 6.70. The number of benzene rings is 2. The minimum absolute atomic E-state index is 0.0980. The van der Waals surface area contributed by atoms with Gasteiger partial charge in [0.15, 0.2) is 0 Å². The molecule has 14 nitrogen and oxygen atoms in total. The molecule has 0 saturated carbocycles. The summed E-state index contributed by atoms with van der Waals surface area (Å²) in [5.41, 5.74) is 1.54. The average Bonchev–Trinajstić information content (AvgIpc) is 3.54. The number of hydrogen-bond donors (Lipinski definition) is 3. The van der Waals surface area contributed by atoms with E-state index in [1.54, 1.807) is 42.5 Å². The Hall–Kier alpha value is -5.51. The first-order valence-electron chi connectivity index (χ1n) is 13.2. The Morgan fingerprint density at radius 1 is 1.16 bits per heavy atom. The summed E-state index contributed by atoms with van der Waals surface area (Å²) >= 11 is 6.15. The van der Waals surface area contributed by atoms with E-state index in [1.165, 1.54) is 36.3 Å². The van der Waals surface area contributed by atoms with Crippen molar-refractivity contribution in [2.75, 3.05) is 25.5 Å². The predicted molar refractivity (Wildman–Crippen MR) is 157 cm³/mol. The smallest absolute Gasteiger partial charge is 0.411 e. The number of aromatic amines is 1. The van der Waals surface area contributed by atoms with E-state index in [4.69, 9.17) is 11.6 Å². The van der Waals surface area contributed by atoms with Crippen LogP contribution in [0.2, 0.25) is 5.02 Å². The van der Waals surface area contributed by atoms with Crippen molar-refractivity contribution in [1.82, 2.24) is 40.6 Å². The zero-order valence-corrected chi connectivity index (χ0v) is 24.2. The van der Waals surface area contributed by atoms with E-state index in [9.17, 15) is 28.0 Å². The molecule has 1 fully saturated rings. The van der Waals surface area contributed by atoms with Crippen LogP contribution in [0.25, 0.3) is 22.9 Å². The number of hydrogen-bond acceptors (Lipinski definition) is 9. The molecule has 5 rings (SSSR count). The van der Waals surface area contributed by atoms with Crippen molar-refractivity contribution < 1.29 is 27.9 Å². The Balaban J connectivity index is 1.41. The van der Waals surface area contributed by atoms with Crippen molar-refractivity contribution in [2.45, 2.75) is 18.4 Å². The highest BCUT2D eigenvalue weighted by Crippen LogP contribution is 2.29. The van der Waals surface area contributed by atoms with Gasteiger partial charge in [0.25, 0.3) is 11.5 Å². The summed E-state index contributed by atoms with van der Waals surface area (Å²) in [6, 6.07) is 11.4. The molecule has 17 heteroatoms. The second-order valence-electron chi connectivity index (χ2n) is 9.89. The Bertz CT molecular complexity index is 1810. The zero-order valence-electron chi connectivity index (χ0n) is 23.4. The van der Waals surface area contributed by atoms with Crippen molar-refractivity contribution in [3.63, 3.8) is 0 Å². The van der Waals surface area contributed by atoms with Crippen LogP contribution in [0.5, 0.6) is 0 Å². The molecule has 232 valence electrons. The van der Waals surface area contributed by atoms with Crippen LogP contribution >= 0.6 is 11.6 Å². The average molecular weight is 640 g/mol. The SMILES string of the molecule is COC(=O)Nc1ccc(-c2cc(C(CC(=O)N3CC(F)(F)C3)NC(=O)C=Cc3cc(Cl)ccc3-n3cnnn3)n[nH]c2=O)cc1. The van der Waals surface area contributed by atoms with Gasteiger partial charge in [-0.05, 0) is 58.5 Å². The first kappa shape index (κ1) is 30.9. The summed E-state index contributed by atoms with van der Waals surface area (Å²) in [7, 11) is 1.22. The third-order valence-corrected chi connectivity index (χ3v) is 6.94. The lowest BCUT2D eigenvalue weighted by Crippen LogP contribution is -2.58. The number of rotatable bonds is 9. The lowest BCUT2D eigenvalue weighted by Gasteiger charge is -2.39. The van der Waals surface area contributed by atoms with Gasteiger partial charge in [0.05, 0.1) is 49.6 Å². The molecule has 4 aromatic rings. The zero-order chi connectivity index (χ0) is 32.1. The molecule has 0 spiro atoms. The summed E-state index contributed by atoms with van der Waals surface area (Å²) < 4.78 is 32.9. The van der Waals surface area contributed by atoms with Gasteiger partial charge in [-0.15, -0.1) is 5.10 Å². The van der Waals surface area contributed by atoms with Gasteiger partial charge >= 0.3 is 6.09 Å². The maximum atomic E-state index is 13.5. The minimum atomic E-state index is -2.98. The number of amides is 3. The molecule has 3 N–H and O–H groups in total. The fourth-order valence-corrected chi connectivity index (χ4v) is 4.64. The maximum Gasteiger partial charge on any atom is 0.411 e. The number of nitrogens with one attached hydrogen (secondary N) is 3. The molecule has 45 heavy (non-hydrogen) atoms. The molecule has 0 bridgehead atoms. The molecule has 1 saturated heterocycles. The molecule has 3 amide bonds. The molecular weight excluding hydrogens is 616 g/mol. The number of carbonyl (C=O) groups excluding carboxylic acids is 3. The molecule has 2 aromatic heterocycles. The molecule has 0 radical (unpaired) electrons. The molecule has 1 aliphatic rings. The van der Waals surface area contributed by atoms with E-state index in [0.717, 1.165) is 4.90 Å². The highest BCUT2D eigenvalue weighted by atomic mass is 35.5. The number of ether oxygens (including phenoxy) is 1. The van der Waals surface area contributed by atoms with Gasteiger partial charge in [0, 0.05) is 22.3 Å². The van der Waals surface area contributed by atoms with Crippen molar-refractivity contribution >= 4 is 41.3 Å². The van der Waals surface area contributed by atoms with Crippen LogP contribution < -0.4 is 16.2 Å². The Labute approximate surface area is 258 Å². The van der Waals surface area contributed by atoms with Gasteiger partial charge in [-0.2, -0.15) is 9.78 Å². The van der Waals surface area contributed by atoms with E-state index in [-0.39, 0.29) is 11.3 Å². The first-order chi connectivity index (χ1) is 21.5. The van der Waals surface area contributed by atoms with E-state index in [0.29, 0.717) is 27.5 Å². The van der Waals surface area contributed by atoms with E-state index in [1.807, 2.05) is 0 Å². The van der Waals surface area contributed by atoms with Gasteiger partial charge in [0.1, 0.15) is 6.33 Å². The molecular formula is C28H24ClF2N9O5. The minimum Gasteiger partial charge on any atom is -0.453 e. The molecule has 3 heterocycles. The van der Waals surface area contributed by atoms with Crippen LogP contribution in [0, 0.1) is 0 Å². The number of carbonyl (C=O) groups is 3. The fraction of sp³-hybridized carbons (Fsp3) is 0.214. The van der Waals surface area contributed by atoms with Crippen molar-refractivity contribution in [3.05, 3.63) is 87.6 Å². The summed E-state index contributed by atoms with van der Waals surface area (Å²) in [6.45, 7) is -1.48. The monoisotopic (exact) mass is 639 g/mol. The topological polar surface area (TPSA) is 177 Å². The number of H-pyrrole nitrogens is 1. The number of methoxy groups -OCH3 is 1. The Morgan fingerprint density at radius 2 is 1.91 bits per heavy atom. The van der Waals surface area contributed by atoms with Crippen LogP contribution in [0.3, 0.4) is 0 Å². The number of tetrazole rings is 1. The molecule has 1 unspecified atom stereocenters. The van der Waals surface area contributed by atoms with Gasteiger partial charge in [-0.25, -0.2) is 18.7 Å². The quantitative estimate of drug-likeness (QED) is 0.232. The standard InChI is InChI=1S/C28H24ClF2N9O5/c1-45-27(44)33-19-6-2-16(3-7-19)20-11-22(35-36-26(20)43)21(12-25(42)39-13-28(30,31)14-39)34-24(41)9-4-17-10-18(29)5-8-23(17)40-15-32-37-38-40/h2-11,15,21H,12-14H2,1H3,(H,33,44)(H,34,41)(H,36,43). The van der Waals surface area contributed by atoms with Crippen molar-refractivity contribution in [3.8, 4) is 16.8 Å². The number of aromatic nitrogens is 6. The van der Waals surface area contributed by atoms with Crippen LogP contribution in [-0.2, 0) is 14.3 Å². The second-order valence-corrected chi connectivity index (χ2v) is 10.3. The van der Waals surface area contributed by atoms with E-state index in [2.05, 4.69) is 41.1 Å². The molecule has 2 aromatic carbocycles. The summed E-state index contributed by atoms with van der Waals surface area (Å²) in [5.74, 6) is -4.28. The Morgan fingerprint density at radius 3 is 2.58 bits per heavy atom. The van der Waals surface area contributed by atoms with Crippen LogP contribution in [0.15, 0.2) is 65.7 Å². The van der Waals surface area contributed by atoms with Crippen LogP contribution in [-0.4, -0.2) is 79.3 Å². The number of alkyl halides is 2. The van der Waals surface area contributed by atoms with E-state index < -0.39 is 54.9 Å². The van der Waals surface area contributed by atoms with Gasteiger partial charge in [0.2, 0.25) is 11.8 Å². The van der Waals surface area contributed by atoms with Crippen molar-refractivity contribution in [2.24, 2.45) is 0 Å². The van der Waals surface area contributed by atoms with Gasteiger partial charge in [-0.1, -0.05) is 23.7 Å². The number of likely N-dealkylation sites (tertiary alicyclic amines) is 1. The van der Waals surface area contributed by atoms with Crippen molar-refractivity contribution in [1.29, 1.82) is 0 Å². The first-order valence-corrected chi connectivity index (χ1v) is 13.6. The summed E-state index contributed by atoms with van der Waals surface area (Å²) in [5, 5.41) is 23.0. The van der Waals surface area contributed by atoms with Gasteiger partial charge < -0.3 is 15.0 Å². The Kier molecular flexibility index (Phi) is 8.94. The van der Waals surface area contributed by atoms with Crippen LogP contribution in [0.4, 0.5) is 19.3 Å². The number of halogens is 3. The van der Waals surface area contributed by atoms with Crippen LogP contribution in [0.1, 0.15) is 23.7 Å². The molecule has 0 aliphatic carbocycles. The predicted octanol–water partition coefficient (Wildman–Crippen LogP) is 2.98. The lowest BCUT2D eigenvalue weighted by atomic mass is 10.0. The highest BCUT2D eigenvalue weighted by Gasteiger charge is 2.46. The molecule has 1 atom stereocenters. The number of nitrogens with zero attached hydrogens (tertiary/aromatic N) is 6. The summed E-state index contributed by atoms with van der Waals surface area (Å²) in [6.07, 6.45) is 2.93. The lowest BCUT2D eigenvalue weighted by molar-refractivity contribution is -0.166. The third kappa shape index (κ3) is 7.53. The second kappa shape index (κ2) is 13.0. The summed E-state index contributed by atoms with van der Waals surface area (Å²) in [4.78, 5) is 51.2. The normalized spacial score (nSPS) is 14.4. The fourth-order valence-electron chi connectivity index (χ4n) is 4.46. The maximum absolute atomic E-state index is 13.5. The largest absolute Gasteiger partial charge is 0.453 e. The highest BCUT2D eigenvalue weighted by molar-refractivity contribution is 6.30. The molecule has 1 aliphatic heterocycles. The van der Waals surface area contributed by atoms with Gasteiger partial charge in [-0.3, -0.25) is 19.7 Å². The van der Waals surface area contributed by atoms with E-state index >= 15 is 0 Å².